The van der Waals surface area contributed by atoms with Crippen LogP contribution in [0.4, 0.5) is 0 Å². The number of hydrogen-bond donors (Lipinski definition) is 1. The lowest BCUT2D eigenvalue weighted by molar-refractivity contribution is 0.134. The van der Waals surface area contributed by atoms with Gasteiger partial charge in [0.25, 0.3) is 0 Å². The third-order valence-corrected chi connectivity index (χ3v) is 5.89. The summed E-state index contributed by atoms with van der Waals surface area (Å²) in [5.74, 6) is 0.296. The highest BCUT2D eigenvalue weighted by atomic mass is 32.2. The van der Waals surface area contributed by atoms with E-state index in [1.807, 2.05) is 6.92 Å². The van der Waals surface area contributed by atoms with Crippen molar-refractivity contribution in [3.8, 4) is 6.07 Å². The zero-order valence-corrected chi connectivity index (χ0v) is 14.6. The number of likely N-dealkylation sites (tertiary alicyclic amines) is 1. The number of aryl methyl sites for hydroxylation is 1. The third kappa shape index (κ3) is 5.03. The summed E-state index contributed by atoms with van der Waals surface area (Å²) in [6.07, 6.45) is 2.58. The van der Waals surface area contributed by atoms with E-state index < -0.39 is 10.0 Å². The average molecular weight is 335 g/mol. The van der Waals surface area contributed by atoms with Gasteiger partial charge in [0.1, 0.15) is 0 Å². The minimum atomic E-state index is -3.45. The van der Waals surface area contributed by atoms with Crippen molar-refractivity contribution in [1.82, 2.24) is 9.62 Å². The molecule has 1 aromatic rings. The van der Waals surface area contributed by atoms with Crippen LogP contribution in [0.2, 0.25) is 0 Å². The van der Waals surface area contributed by atoms with Gasteiger partial charge in [0.05, 0.1) is 17.4 Å². The highest BCUT2D eigenvalue weighted by molar-refractivity contribution is 7.89. The molecule has 23 heavy (non-hydrogen) atoms. The molecule has 2 atom stereocenters. The third-order valence-electron chi connectivity index (χ3n) is 4.45. The number of nitrogens with one attached hydrogen (secondary N) is 1. The molecule has 0 spiro atoms. The standard InChI is InChI=1S/C17H25N3O2S/c1-14-5-7-17(8-6-14)23(21,22)19-12-16-4-3-11-20(13-16)15(2)9-10-18/h5-8,15-16,19H,3-4,9,11-13H2,1-2H3/t15-,16-/m0/s1. The fourth-order valence-electron chi connectivity index (χ4n) is 2.95. The van der Waals surface area contributed by atoms with Crippen molar-refractivity contribution < 1.29 is 8.42 Å². The Morgan fingerprint density at radius 3 is 2.74 bits per heavy atom. The summed E-state index contributed by atoms with van der Waals surface area (Å²) in [6.45, 7) is 6.28. The maximum atomic E-state index is 12.3. The van der Waals surface area contributed by atoms with Crippen LogP contribution in [0, 0.1) is 24.2 Å². The molecule has 0 amide bonds. The van der Waals surface area contributed by atoms with Crippen LogP contribution >= 0.6 is 0 Å². The first-order valence-electron chi connectivity index (χ1n) is 8.09. The Kier molecular flexibility index (Phi) is 6.17. The molecule has 0 saturated carbocycles. The number of nitrogens with zero attached hydrogens (tertiary/aromatic N) is 2. The number of hydrogen-bond acceptors (Lipinski definition) is 4. The Hall–Kier alpha value is -1.42. The molecule has 1 aromatic carbocycles. The van der Waals surface area contributed by atoms with E-state index >= 15 is 0 Å². The first-order chi connectivity index (χ1) is 10.9. The summed E-state index contributed by atoms with van der Waals surface area (Å²) < 4.78 is 27.4. The Balaban J connectivity index is 1.92. The molecular weight excluding hydrogens is 310 g/mol. The zero-order valence-electron chi connectivity index (χ0n) is 13.8. The van der Waals surface area contributed by atoms with E-state index in [2.05, 4.69) is 22.6 Å². The summed E-state index contributed by atoms with van der Waals surface area (Å²) in [5.41, 5.74) is 1.04. The first-order valence-corrected chi connectivity index (χ1v) is 9.58. The lowest BCUT2D eigenvalue weighted by Gasteiger charge is -2.36. The van der Waals surface area contributed by atoms with Gasteiger partial charge in [-0.1, -0.05) is 17.7 Å². The molecule has 1 aliphatic rings. The van der Waals surface area contributed by atoms with Gasteiger partial charge in [0.15, 0.2) is 0 Å². The monoisotopic (exact) mass is 335 g/mol. The lowest BCUT2D eigenvalue weighted by Crippen LogP contribution is -2.44. The minimum Gasteiger partial charge on any atom is -0.299 e. The SMILES string of the molecule is Cc1ccc(S(=O)(=O)NC[C@@H]2CCCN([C@@H](C)CC#N)C2)cc1. The van der Waals surface area contributed by atoms with E-state index in [0.29, 0.717) is 23.8 Å². The quantitative estimate of drug-likeness (QED) is 0.865. The van der Waals surface area contributed by atoms with Crippen LogP contribution in [0.25, 0.3) is 0 Å². The topological polar surface area (TPSA) is 73.2 Å². The van der Waals surface area contributed by atoms with Gasteiger partial charge in [-0.2, -0.15) is 5.26 Å². The highest BCUT2D eigenvalue weighted by Crippen LogP contribution is 2.20. The van der Waals surface area contributed by atoms with Crippen LogP contribution in [0.5, 0.6) is 0 Å². The number of sulfonamides is 1. The first kappa shape index (κ1) is 17.9. The molecule has 2 rings (SSSR count). The van der Waals surface area contributed by atoms with Crippen LogP contribution in [0.15, 0.2) is 29.2 Å². The highest BCUT2D eigenvalue weighted by Gasteiger charge is 2.25. The van der Waals surface area contributed by atoms with Gasteiger partial charge in [-0.25, -0.2) is 13.1 Å². The Bertz CT molecular complexity index is 649. The van der Waals surface area contributed by atoms with Crippen LogP contribution in [0.3, 0.4) is 0 Å². The summed E-state index contributed by atoms with van der Waals surface area (Å²) in [7, 11) is -3.45. The molecular formula is C17H25N3O2S. The van der Waals surface area contributed by atoms with Gasteiger partial charge >= 0.3 is 0 Å². The van der Waals surface area contributed by atoms with E-state index in [0.717, 1.165) is 31.5 Å². The van der Waals surface area contributed by atoms with Gasteiger partial charge < -0.3 is 0 Å². The Morgan fingerprint density at radius 2 is 2.09 bits per heavy atom. The van der Waals surface area contributed by atoms with Gasteiger partial charge in [0, 0.05) is 19.1 Å². The fraction of sp³-hybridized carbons (Fsp3) is 0.588. The summed E-state index contributed by atoms with van der Waals surface area (Å²) in [4.78, 5) is 2.60. The van der Waals surface area contributed by atoms with Crippen LogP contribution < -0.4 is 4.72 Å². The summed E-state index contributed by atoms with van der Waals surface area (Å²) in [6, 6.07) is 9.33. The zero-order chi connectivity index (χ0) is 16.9. The molecule has 1 heterocycles. The van der Waals surface area contributed by atoms with Crippen molar-refractivity contribution in [3.05, 3.63) is 29.8 Å². The number of benzene rings is 1. The molecule has 1 aliphatic heterocycles. The van der Waals surface area contributed by atoms with E-state index in [4.69, 9.17) is 5.26 Å². The maximum absolute atomic E-state index is 12.3. The van der Waals surface area contributed by atoms with E-state index in [1.54, 1.807) is 24.3 Å². The predicted octanol–water partition coefficient (Wildman–Crippen LogP) is 2.29. The Labute approximate surface area is 139 Å². The second-order valence-corrected chi connectivity index (χ2v) is 8.15. The van der Waals surface area contributed by atoms with Crippen molar-refractivity contribution >= 4 is 10.0 Å². The van der Waals surface area contributed by atoms with E-state index in [1.165, 1.54) is 0 Å². The van der Waals surface area contributed by atoms with Gasteiger partial charge in [-0.3, -0.25) is 4.90 Å². The van der Waals surface area contributed by atoms with Gasteiger partial charge in [-0.05, 0) is 51.3 Å². The predicted molar refractivity (Wildman–Crippen MR) is 90.4 cm³/mol. The average Bonchev–Trinajstić information content (AvgIpc) is 2.54. The van der Waals surface area contributed by atoms with Crippen molar-refractivity contribution in [2.45, 2.75) is 44.0 Å². The lowest BCUT2D eigenvalue weighted by atomic mass is 9.97. The summed E-state index contributed by atoms with van der Waals surface area (Å²) >= 11 is 0. The van der Waals surface area contributed by atoms with Crippen molar-refractivity contribution in [2.24, 2.45) is 5.92 Å². The summed E-state index contributed by atoms with van der Waals surface area (Å²) in [5, 5.41) is 8.82. The molecule has 1 fully saturated rings. The molecule has 0 unspecified atom stereocenters. The van der Waals surface area contributed by atoms with Crippen LogP contribution in [0.1, 0.15) is 31.7 Å². The fourth-order valence-corrected chi connectivity index (χ4v) is 4.07. The molecule has 126 valence electrons. The largest absolute Gasteiger partial charge is 0.299 e. The second kappa shape index (κ2) is 7.91. The van der Waals surface area contributed by atoms with Crippen LogP contribution in [-0.4, -0.2) is 39.0 Å². The molecule has 5 nitrogen and oxygen atoms in total. The molecule has 6 heteroatoms. The van der Waals surface area contributed by atoms with Crippen LogP contribution in [-0.2, 0) is 10.0 Å². The normalized spacial score (nSPS) is 20.8. The Morgan fingerprint density at radius 1 is 1.39 bits per heavy atom. The van der Waals surface area contributed by atoms with Crippen molar-refractivity contribution in [2.75, 3.05) is 19.6 Å². The maximum Gasteiger partial charge on any atom is 0.240 e. The van der Waals surface area contributed by atoms with Crippen molar-refractivity contribution in [3.63, 3.8) is 0 Å². The molecule has 0 bridgehead atoms. The minimum absolute atomic E-state index is 0.233. The molecule has 1 saturated heterocycles. The van der Waals surface area contributed by atoms with Gasteiger partial charge in [-0.15, -0.1) is 0 Å². The smallest absolute Gasteiger partial charge is 0.240 e. The molecule has 0 radical (unpaired) electrons. The number of rotatable bonds is 6. The molecule has 1 N–H and O–H groups in total. The number of piperidine rings is 1. The number of nitriles is 1. The molecule has 0 aliphatic carbocycles. The van der Waals surface area contributed by atoms with Crippen molar-refractivity contribution in [1.29, 1.82) is 5.26 Å². The molecule has 0 aromatic heterocycles. The van der Waals surface area contributed by atoms with Gasteiger partial charge in [0.2, 0.25) is 10.0 Å². The second-order valence-electron chi connectivity index (χ2n) is 6.38. The van der Waals surface area contributed by atoms with E-state index in [-0.39, 0.29) is 6.04 Å². The van der Waals surface area contributed by atoms with E-state index in [9.17, 15) is 8.42 Å².